The molecular formula is C11H13BrN2O2S2. The topological polar surface area (TPSA) is 62.8 Å². The fourth-order valence-electron chi connectivity index (χ4n) is 1.66. The van der Waals surface area contributed by atoms with Gasteiger partial charge in [-0.2, -0.15) is 5.10 Å². The number of rotatable bonds is 6. The van der Waals surface area contributed by atoms with Gasteiger partial charge in [-0.05, 0) is 51.3 Å². The molecule has 0 atom stereocenters. The van der Waals surface area contributed by atoms with Crippen molar-refractivity contribution in [1.82, 2.24) is 10.2 Å². The zero-order valence-electron chi connectivity index (χ0n) is 9.60. The first-order valence-electron chi connectivity index (χ1n) is 5.46. The fraction of sp³-hybridized carbons (Fsp3) is 0.364. The molecule has 0 amide bonds. The number of nitrogens with zero attached hydrogens (tertiary/aromatic N) is 1. The van der Waals surface area contributed by atoms with Crippen molar-refractivity contribution in [2.24, 2.45) is 0 Å². The number of aryl methyl sites for hydroxylation is 1. The summed E-state index contributed by atoms with van der Waals surface area (Å²) in [6.45, 7) is 0. The van der Waals surface area contributed by atoms with E-state index in [-0.39, 0.29) is 11.5 Å². The third-order valence-electron chi connectivity index (χ3n) is 2.48. The van der Waals surface area contributed by atoms with E-state index in [4.69, 9.17) is 0 Å². The maximum absolute atomic E-state index is 11.9. The molecule has 2 aromatic rings. The van der Waals surface area contributed by atoms with Gasteiger partial charge in [0.25, 0.3) is 0 Å². The Balaban J connectivity index is 1.84. The van der Waals surface area contributed by atoms with E-state index in [9.17, 15) is 8.42 Å². The van der Waals surface area contributed by atoms with E-state index in [0.29, 0.717) is 6.42 Å². The van der Waals surface area contributed by atoms with Crippen molar-refractivity contribution in [3.8, 4) is 0 Å². The van der Waals surface area contributed by atoms with Crippen LogP contribution in [0.4, 0.5) is 0 Å². The number of hydrogen-bond acceptors (Lipinski definition) is 4. The molecule has 0 aliphatic heterocycles. The van der Waals surface area contributed by atoms with E-state index < -0.39 is 9.84 Å². The summed E-state index contributed by atoms with van der Waals surface area (Å²) in [5, 5.41) is 8.42. The Labute approximate surface area is 118 Å². The van der Waals surface area contributed by atoms with E-state index in [1.54, 1.807) is 12.4 Å². The molecule has 98 valence electrons. The number of aromatic nitrogens is 2. The largest absolute Gasteiger partial charge is 0.285 e. The van der Waals surface area contributed by atoms with Gasteiger partial charge in [0.15, 0.2) is 9.84 Å². The second-order valence-electron chi connectivity index (χ2n) is 4.06. The van der Waals surface area contributed by atoms with Crippen LogP contribution in [0.5, 0.6) is 0 Å². The second kappa shape index (κ2) is 5.99. The Bertz CT molecular complexity index is 590. The molecule has 0 radical (unpaired) electrons. The van der Waals surface area contributed by atoms with Gasteiger partial charge < -0.3 is 0 Å². The molecule has 18 heavy (non-hydrogen) atoms. The van der Waals surface area contributed by atoms with E-state index >= 15 is 0 Å². The first-order valence-corrected chi connectivity index (χ1v) is 8.95. The Morgan fingerprint density at radius 1 is 1.39 bits per heavy atom. The average molecular weight is 349 g/mol. The number of sulfone groups is 1. The number of nitrogens with one attached hydrogen (secondary N) is 1. The predicted octanol–water partition coefficient (Wildman–Crippen LogP) is 2.78. The SMILES string of the molecule is O=S(=O)(CCCc1cn[nH]c1)Cc1csc(Br)c1. The van der Waals surface area contributed by atoms with Crippen LogP contribution in [0.15, 0.2) is 27.6 Å². The van der Waals surface area contributed by atoms with Crippen LogP contribution >= 0.6 is 27.3 Å². The third kappa shape index (κ3) is 4.22. The van der Waals surface area contributed by atoms with E-state index in [1.807, 2.05) is 11.4 Å². The highest BCUT2D eigenvalue weighted by Gasteiger charge is 2.13. The van der Waals surface area contributed by atoms with E-state index in [0.717, 1.165) is 21.3 Å². The standard InChI is InChI=1S/C11H13BrN2O2S2/c12-11-4-10(7-17-11)8-18(15,16)3-1-2-9-5-13-14-6-9/h4-7H,1-3,8H2,(H,13,14). The second-order valence-corrected chi connectivity index (χ2v) is 8.54. The molecule has 2 heterocycles. The molecule has 2 rings (SSSR count). The number of aromatic amines is 1. The highest BCUT2D eigenvalue weighted by molar-refractivity contribution is 9.11. The minimum Gasteiger partial charge on any atom is -0.285 e. The maximum atomic E-state index is 11.9. The summed E-state index contributed by atoms with van der Waals surface area (Å²) in [7, 11) is -3.02. The Kier molecular flexibility index (Phi) is 4.58. The zero-order valence-corrected chi connectivity index (χ0v) is 12.8. The quantitative estimate of drug-likeness (QED) is 0.872. The summed E-state index contributed by atoms with van der Waals surface area (Å²) in [5.41, 5.74) is 1.90. The van der Waals surface area contributed by atoms with Gasteiger partial charge in [0.05, 0.1) is 21.5 Å². The summed E-state index contributed by atoms with van der Waals surface area (Å²) < 4.78 is 24.8. The molecule has 0 aliphatic rings. The van der Waals surface area contributed by atoms with Gasteiger partial charge in [0.2, 0.25) is 0 Å². The summed E-state index contributed by atoms with van der Waals surface area (Å²) in [4.78, 5) is 0. The van der Waals surface area contributed by atoms with Crippen molar-refractivity contribution in [2.45, 2.75) is 18.6 Å². The predicted molar refractivity (Wildman–Crippen MR) is 76.4 cm³/mol. The lowest BCUT2D eigenvalue weighted by atomic mass is 10.2. The van der Waals surface area contributed by atoms with Crippen LogP contribution in [0.2, 0.25) is 0 Å². The van der Waals surface area contributed by atoms with Crippen molar-refractivity contribution in [3.63, 3.8) is 0 Å². The lowest BCUT2D eigenvalue weighted by Crippen LogP contribution is -2.09. The van der Waals surface area contributed by atoms with Crippen molar-refractivity contribution in [3.05, 3.63) is 38.8 Å². The monoisotopic (exact) mass is 348 g/mol. The van der Waals surface area contributed by atoms with Crippen LogP contribution < -0.4 is 0 Å². The van der Waals surface area contributed by atoms with Gasteiger partial charge in [0, 0.05) is 6.20 Å². The van der Waals surface area contributed by atoms with Gasteiger partial charge in [-0.25, -0.2) is 8.42 Å². The molecule has 7 heteroatoms. The lowest BCUT2D eigenvalue weighted by molar-refractivity contribution is 0.592. The van der Waals surface area contributed by atoms with E-state index in [1.165, 1.54) is 11.3 Å². The summed E-state index contributed by atoms with van der Waals surface area (Å²) in [5.74, 6) is 0.339. The van der Waals surface area contributed by atoms with Crippen LogP contribution in [0.25, 0.3) is 0 Å². The van der Waals surface area contributed by atoms with Crippen LogP contribution in [0.1, 0.15) is 17.5 Å². The lowest BCUT2D eigenvalue weighted by Gasteiger charge is -2.02. The fourth-order valence-corrected chi connectivity index (χ4v) is 4.38. The molecule has 2 aromatic heterocycles. The number of halogens is 1. The normalized spacial score (nSPS) is 11.8. The molecule has 0 saturated heterocycles. The zero-order chi connectivity index (χ0) is 13.0. The average Bonchev–Trinajstić information content (AvgIpc) is 2.89. The highest BCUT2D eigenvalue weighted by atomic mass is 79.9. The van der Waals surface area contributed by atoms with Crippen LogP contribution in [0.3, 0.4) is 0 Å². The molecule has 0 unspecified atom stereocenters. The highest BCUT2D eigenvalue weighted by Crippen LogP contribution is 2.22. The van der Waals surface area contributed by atoms with Crippen molar-refractivity contribution < 1.29 is 8.42 Å². The minimum absolute atomic E-state index is 0.125. The molecule has 4 nitrogen and oxygen atoms in total. The third-order valence-corrected chi connectivity index (χ3v) is 5.72. The molecule has 0 aromatic carbocycles. The summed E-state index contributed by atoms with van der Waals surface area (Å²) in [6, 6.07) is 1.86. The molecule has 1 N–H and O–H groups in total. The van der Waals surface area contributed by atoms with Crippen molar-refractivity contribution in [2.75, 3.05) is 5.75 Å². The molecule has 0 fully saturated rings. The van der Waals surface area contributed by atoms with Crippen molar-refractivity contribution >= 4 is 37.1 Å². The smallest absolute Gasteiger partial charge is 0.154 e. The molecule has 0 bridgehead atoms. The van der Waals surface area contributed by atoms with Gasteiger partial charge in [-0.3, -0.25) is 5.10 Å². The Morgan fingerprint density at radius 3 is 2.83 bits per heavy atom. The minimum atomic E-state index is -3.02. The van der Waals surface area contributed by atoms with Gasteiger partial charge in [-0.15, -0.1) is 11.3 Å². The number of thiophene rings is 1. The van der Waals surface area contributed by atoms with Gasteiger partial charge >= 0.3 is 0 Å². The molecular weight excluding hydrogens is 336 g/mol. The maximum Gasteiger partial charge on any atom is 0.154 e. The number of H-pyrrole nitrogens is 1. The van der Waals surface area contributed by atoms with Crippen LogP contribution in [-0.4, -0.2) is 24.4 Å². The van der Waals surface area contributed by atoms with Crippen molar-refractivity contribution in [1.29, 1.82) is 0 Å². The van der Waals surface area contributed by atoms with Gasteiger partial charge in [0.1, 0.15) is 0 Å². The van der Waals surface area contributed by atoms with E-state index in [2.05, 4.69) is 26.1 Å². The van der Waals surface area contributed by atoms with Gasteiger partial charge in [-0.1, -0.05) is 0 Å². The Morgan fingerprint density at radius 2 is 2.22 bits per heavy atom. The first-order chi connectivity index (χ1) is 8.55. The summed E-state index contributed by atoms with van der Waals surface area (Å²) in [6.07, 6.45) is 4.89. The molecule has 0 spiro atoms. The Hall–Kier alpha value is -0.660. The first kappa shape index (κ1) is 13.8. The van der Waals surface area contributed by atoms with Crippen LogP contribution in [0, 0.1) is 0 Å². The summed E-state index contributed by atoms with van der Waals surface area (Å²) >= 11 is 4.84. The number of hydrogen-bond donors (Lipinski definition) is 1. The molecule has 0 aliphatic carbocycles. The molecule has 0 saturated carbocycles. The van der Waals surface area contributed by atoms with Crippen LogP contribution in [-0.2, 0) is 22.0 Å².